The van der Waals surface area contributed by atoms with Gasteiger partial charge in [-0.3, -0.25) is 4.55 Å². The normalized spacial score (nSPS) is 13.2. The highest BCUT2D eigenvalue weighted by Gasteiger charge is 2.25. The van der Waals surface area contributed by atoms with Crippen molar-refractivity contribution in [2.75, 3.05) is 6.26 Å². The Morgan fingerprint density at radius 2 is 2.04 bits per heavy atom. The number of imidazole rings is 1. The molecule has 1 aromatic carbocycles. The molecule has 1 aliphatic rings. The molecule has 25 heavy (non-hydrogen) atoms. The van der Waals surface area contributed by atoms with E-state index < -0.39 is 10.1 Å². The van der Waals surface area contributed by atoms with Crippen molar-refractivity contribution in [2.24, 2.45) is 0 Å². The van der Waals surface area contributed by atoms with Gasteiger partial charge in [-0.2, -0.15) is 8.42 Å². The lowest BCUT2D eigenvalue weighted by Gasteiger charge is -2.19. The van der Waals surface area contributed by atoms with E-state index in [1.54, 1.807) is 0 Å². The zero-order valence-electron chi connectivity index (χ0n) is 14.3. The maximum Gasteiger partial charge on any atom is 0.261 e. The molecule has 0 unspecified atom stereocenters. The molecule has 0 bridgehead atoms. The molecule has 1 N–H and O–H groups in total. The standard InChI is InChI=1S/C16H16ClN3.CH4O3S/c1-3-19-14-5-4-11(17)8-13(14)12-6-7-20-10(2)18-9-15(20)16(12)19;1-5(2,3)4/h4-5,8-9H,3,6-7H2,1-2H3;1H3,(H,2,3,4). The lowest BCUT2D eigenvalue weighted by atomic mass is 10.0. The van der Waals surface area contributed by atoms with Gasteiger partial charge >= 0.3 is 0 Å². The minimum absolute atomic E-state index is 0.715. The van der Waals surface area contributed by atoms with Crippen molar-refractivity contribution in [3.8, 4) is 11.4 Å². The summed E-state index contributed by atoms with van der Waals surface area (Å²) in [6.07, 6.45) is 3.76. The molecule has 3 heterocycles. The quantitative estimate of drug-likeness (QED) is 0.654. The second-order valence-corrected chi connectivity index (χ2v) is 7.96. The Bertz CT molecular complexity index is 1040. The fourth-order valence-electron chi connectivity index (χ4n) is 3.43. The molecule has 0 fully saturated rings. The molecule has 134 valence electrons. The second-order valence-electron chi connectivity index (χ2n) is 6.06. The Kier molecular flexibility index (Phi) is 4.66. The van der Waals surface area contributed by atoms with Crippen LogP contribution in [0.25, 0.3) is 22.3 Å². The lowest BCUT2D eigenvalue weighted by molar-refractivity contribution is 0.490. The van der Waals surface area contributed by atoms with Crippen molar-refractivity contribution >= 4 is 32.6 Å². The third kappa shape index (κ3) is 3.44. The Morgan fingerprint density at radius 1 is 1.36 bits per heavy atom. The van der Waals surface area contributed by atoms with E-state index in [4.69, 9.17) is 16.2 Å². The van der Waals surface area contributed by atoms with Crippen LogP contribution in [0.4, 0.5) is 0 Å². The summed E-state index contributed by atoms with van der Waals surface area (Å²) in [6, 6.07) is 6.21. The molecule has 3 aromatic rings. The van der Waals surface area contributed by atoms with Crippen LogP contribution in [-0.2, 0) is 29.6 Å². The van der Waals surface area contributed by atoms with Crippen LogP contribution in [0.2, 0.25) is 5.02 Å². The van der Waals surface area contributed by atoms with Gasteiger partial charge in [-0.25, -0.2) is 4.98 Å². The van der Waals surface area contributed by atoms with Crippen molar-refractivity contribution in [1.29, 1.82) is 0 Å². The molecular weight excluding hydrogens is 362 g/mol. The van der Waals surface area contributed by atoms with E-state index >= 15 is 0 Å². The summed E-state index contributed by atoms with van der Waals surface area (Å²) in [4.78, 5) is 4.48. The molecule has 2 aromatic heterocycles. The maximum atomic E-state index is 9.19. The van der Waals surface area contributed by atoms with Gasteiger partial charge < -0.3 is 9.13 Å². The summed E-state index contributed by atoms with van der Waals surface area (Å²) >= 11 is 6.19. The van der Waals surface area contributed by atoms with Gasteiger partial charge in [0.1, 0.15) is 5.82 Å². The average Bonchev–Trinajstić information content (AvgIpc) is 3.03. The molecule has 4 rings (SSSR count). The van der Waals surface area contributed by atoms with Gasteiger partial charge in [-0.15, -0.1) is 0 Å². The molecule has 0 radical (unpaired) electrons. The SMILES string of the molecule is CCn1c2c(c3cc(Cl)ccc31)CCn1c-2cnc1C.CS(=O)(=O)O. The first-order valence-corrected chi connectivity index (χ1v) is 10.2. The van der Waals surface area contributed by atoms with E-state index in [-0.39, 0.29) is 0 Å². The second kappa shape index (κ2) is 6.48. The first-order valence-electron chi connectivity index (χ1n) is 7.96. The summed E-state index contributed by atoms with van der Waals surface area (Å²) in [5, 5.41) is 2.10. The number of rotatable bonds is 1. The zero-order valence-corrected chi connectivity index (χ0v) is 15.9. The van der Waals surface area contributed by atoms with Gasteiger partial charge in [0, 0.05) is 29.0 Å². The van der Waals surface area contributed by atoms with Crippen LogP contribution in [-0.4, -0.2) is 33.3 Å². The van der Waals surface area contributed by atoms with E-state index in [9.17, 15) is 8.42 Å². The molecule has 1 aliphatic heterocycles. The lowest BCUT2D eigenvalue weighted by Crippen LogP contribution is -2.13. The molecule has 0 aliphatic carbocycles. The number of aromatic nitrogens is 3. The van der Waals surface area contributed by atoms with E-state index in [2.05, 4.69) is 40.1 Å². The van der Waals surface area contributed by atoms with Gasteiger partial charge in [-0.05, 0) is 44.0 Å². The fourth-order valence-corrected chi connectivity index (χ4v) is 3.61. The summed E-state index contributed by atoms with van der Waals surface area (Å²) in [5.41, 5.74) is 5.24. The Balaban J connectivity index is 0.000000324. The van der Waals surface area contributed by atoms with Crippen LogP contribution < -0.4 is 0 Å². The number of fused-ring (bicyclic) bond motifs is 5. The highest BCUT2D eigenvalue weighted by molar-refractivity contribution is 7.85. The molecular formula is C17H20ClN3O3S. The van der Waals surface area contributed by atoms with Crippen molar-refractivity contribution in [2.45, 2.75) is 33.4 Å². The predicted octanol–water partition coefficient (Wildman–Crippen LogP) is 3.55. The van der Waals surface area contributed by atoms with Crippen LogP contribution in [0.1, 0.15) is 18.3 Å². The highest BCUT2D eigenvalue weighted by Crippen LogP contribution is 2.38. The summed E-state index contributed by atoms with van der Waals surface area (Å²) in [6.45, 7) is 6.22. The van der Waals surface area contributed by atoms with Crippen molar-refractivity contribution in [3.05, 3.63) is 40.8 Å². The van der Waals surface area contributed by atoms with Crippen molar-refractivity contribution in [1.82, 2.24) is 14.1 Å². The summed E-state index contributed by atoms with van der Waals surface area (Å²) < 4.78 is 30.6. The number of hydrogen-bond donors (Lipinski definition) is 1. The summed E-state index contributed by atoms with van der Waals surface area (Å²) in [7, 11) is -3.67. The zero-order chi connectivity index (χ0) is 18.4. The van der Waals surface area contributed by atoms with Gasteiger partial charge in [-0.1, -0.05) is 11.6 Å². The number of aryl methyl sites for hydroxylation is 3. The Labute approximate surface area is 151 Å². The average molecular weight is 382 g/mol. The molecule has 0 atom stereocenters. The van der Waals surface area contributed by atoms with Crippen molar-refractivity contribution in [3.63, 3.8) is 0 Å². The van der Waals surface area contributed by atoms with E-state index in [0.717, 1.165) is 30.4 Å². The number of benzene rings is 1. The first kappa shape index (κ1) is 18.0. The van der Waals surface area contributed by atoms with Crippen LogP contribution in [0.5, 0.6) is 0 Å². The topological polar surface area (TPSA) is 77.1 Å². The van der Waals surface area contributed by atoms with Gasteiger partial charge in [0.25, 0.3) is 10.1 Å². The minimum Gasteiger partial charge on any atom is -0.339 e. The molecule has 0 amide bonds. The molecule has 0 saturated carbocycles. The summed E-state index contributed by atoms with van der Waals surface area (Å²) in [5.74, 6) is 1.09. The van der Waals surface area contributed by atoms with E-state index in [1.165, 1.54) is 27.9 Å². The van der Waals surface area contributed by atoms with Gasteiger partial charge in [0.2, 0.25) is 0 Å². The maximum absolute atomic E-state index is 9.19. The number of hydrogen-bond acceptors (Lipinski definition) is 3. The largest absolute Gasteiger partial charge is 0.339 e. The third-order valence-corrected chi connectivity index (χ3v) is 4.56. The smallest absolute Gasteiger partial charge is 0.261 e. The minimum atomic E-state index is -3.67. The Morgan fingerprint density at radius 3 is 2.68 bits per heavy atom. The van der Waals surface area contributed by atoms with Crippen LogP contribution in [0.15, 0.2) is 24.4 Å². The van der Waals surface area contributed by atoms with Crippen LogP contribution in [0.3, 0.4) is 0 Å². The van der Waals surface area contributed by atoms with Crippen molar-refractivity contribution < 1.29 is 13.0 Å². The molecule has 6 nitrogen and oxygen atoms in total. The van der Waals surface area contributed by atoms with Crippen LogP contribution >= 0.6 is 11.6 Å². The number of halogens is 1. The first-order chi connectivity index (χ1) is 11.7. The monoisotopic (exact) mass is 381 g/mol. The van der Waals surface area contributed by atoms with Gasteiger partial charge in [0.15, 0.2) is 0 Å². The van der Waals surface area contributed by atoms with E-state index in [0.29, 0.717) is 6.26 Å². The van der Waals surface area contributed by atoms with E-state index in [1.807, 2.05) is 12.3 Å². The third-order valence-electron chi connectivity index (χ3n) is 4.33. The van der Waals surface area contributed by atoms with Crippen LogP contribution in [0, 0.1) is 6.92 Å². The fraction of sp³-hybridized carbons (Fsp3) is 0.353. The molecule has 0 saturated heterocycles. The molecule has 0 spiro atoms. The highest BCUT2D eigenvalue weighted by atomic mass is 35.5. The Hall–Kier alpha value is -1.83. The molecule has 8 heteroatoms. The predicted molar refractivity (Wildman–Crippen MR) is 99.8 cm³/mol. The van der Waals surface area contributed by atoms with Gasteiger partial charge in [0.05, 0.1) is 23.8 Å². The number of nitrogens with zero attached hydrogens (tertiary/aromatic N) is 3.